The van der Waals surface area contributed by atoms with Crippen LogP contribution in [0.25, 0.3) is 0 Å². The third kappa shape index (κ3) is 5.24. The summed E-state index contributed by atoms with van der Waals surface area (Å²) >= 11 is 10.1. The Balaban J connectivity index is 1.63. The molecule has 4 aromatic rings. The first kappa shape index (κ1) is 23.4. The topological polar surface area (TPSA) is 46.5 Å². The van der Waals surface area contributed by atoms with Gasteiger partial charge >= 0.3 is 5.97 Å². The number of carbonyl (C=O) groups is 1. The van der Waals surface area contributed by atoms with E-state index < -0.39 is 5.97 Å². The molecule has 3 nitrogen and oxygen atoms in total. The average Bonchev–Trinajstić information content (AvgIpc) is 2.80. The molecule has 1 atom stereocenters. The second kappa shape index (κ2) is 10.5. The second-order valence-corrected chi connectivity index (χ2v) is 11.5. The minimum absolute atomic E-state index is 0.0625. The number of hydrogen-bond acceptors (Lipinski definition) is 3. The van der Waals surface area contributed by atoms with E-state index >= 15 is 0 Å². The van der Waals surface area contributed by atoms with Gasteiger partial charge in [0.15, 0.2) is 14.7 Å². The van der Waals surface area contributed by atoms with Crippen LogP contribution in [0, 0.1) is 7.14 Å². The average molecular weight is 686 g/mol. The Morgan fingerprint density at radius 2 is 1.28 bits per heavy atom. The van der Waals surface area contributed by atoms with E-state index in [0.717, 1.165) is 9.79 Å². The van der Waals surface area contributed by atoms with Gasteiger partial charge in [-0.05, 0) is 118 Å². The fourth-order valence-corrected chi connectivity index (χ4v) is 6.37. The van der Waals surface area contributed by atoms with Crippen LogP contribution >= 0.6 is 56.8 Å². The summed E-state index contributed by atoms with van der Waals surface area (Å²) in [5.41, 5.74) is 0.173. The summed E-state index contributed by atoms with van der Waals surface area (Å²) in [5, 5.41) is 11.0. The predicted octanol–water partition coefficient (Wildman–Crippen LogP) is 7.57. The molecule has 0 aliphatic carbocycles. The van der Waals surface area contributed by atoms with Gasteiger partial charge in [0, 0.05) is 8.59 Å². The summed E-state index contributed by atoms with van der Waals surface area (Å²) in [6, 6.07) is 29.1. The quantitative estimate of drug-likeness (QED) is 0.102. The van der Waals surface area contributed by atoms with Crippen molar-refractivity contribution < 1.29 is 14.6 Å². The fourth-order valence-electron chi connectivity index (χ4n) is 3.07. The van der Waals surface area contributed by atoms with Crippen LogP contribution in [0.2, 0.25) is 5.02 Å². The van der Waals surface area contributed by atoms with Gasteiger partial charge in [-0.3, -0.25) is 0 Å². The highest BCUT2D eigenvalue weighted by atomic mass is 127. The van der Waals surface area contributed by atoms with Crippen LogP contribution in [-0.4, -0.2) is 11.1 Å². The van der Waals surface area contributed by atoms with Crippen LogP contribution in [-0.2, 0) is 10.9 Å². The number of carbonyl (C=O) groups excluding carboxylic acids is 1. The Kier molecular flexibility index (Phi) is 7.65. The van der Waals surface area contributed by atoms with E-state index in [-0.39, 0.29) is 22.2 Å². The molecule has 0 saturated carbocycles. The van der Waals surface area contributed by atoms with Gasteiger partial charge in [-0.1, -0.05) is 29.8 Å². The molecule has 0 saturated heterocycles. The third-order valence-corrected chi connectivity index (χ3v) is 8.83. The number of halogens is 3. The first-order chi connectivity index (χ1) is 15.4. The molecular formula is C25H16ClI2O3S+. The van der Waals surface area contributed by atoms with Crippen molar-refractivity contribution in [2.24, 2.45) is 0 Å². The van der Waals surface area contributed by atoms with Gasteiger partial charge in [-0.2, -0.15) is 0 Å². The molecule has 0 fully saturated rings. The lowest BCUT2D eigenvalue weighted by Crippen LogP contribution is -2.11. The zero-order valence-corrected chi connectivity index (χ0v) is 22.4. The van der Waals surface area contributed by atoms with Crippen molar-refractivity contribution in [3.8, 4) is 11.5 Å². The maximum Gasteiger partial charge on any atom is 0.348 e. The maximum absolute atomic E-state index is 12.7. The minimum atomic E-state index is -0.585. The first-order valence-corrected chi connectivity index (χ1v) is 13.2. The van der Waals surface area contributed by atoms with Gasteiger partial charge in [0.1, 0.15) is 17.1 Å². The molecule has 0 spiro atoms. The van der Waals surface area contributed by atoms with Crippen LogP contribution in [0.4, 0.5) is 0 Å². The Morgan fingerprint density at radius 3 is 1.91 bits per heavy atom. The lowest BCUT2D eigenvalue weighted by molar-refractivity contribution is 0.0730. The van der Waals surface area contributed by atoms with Crippen molar-refractivity contribution in [1.82, 2.24) is 0 Å². The molecule has 0 bridgehead atoms. The molecule has 0 aromatic heterocycles. The molecule has 0 heterocycles. The highest BCUT2D eigenvalue weighted by Crippen LogP contribution is 2.33. The SMILES string of the molecule is O=C(Oc1ccc([S+](c2ccccc2)c2ccc(Cl)cc2)cc1)c1c(I)ccc(I)c1O. The van der Waals surface area contributed by atoms with Crippen LogP contribution in [0.5, 0.6) is 11.5 Å². The molecule has 1 N–H and O–H groups in total. The normalized spacial score (nSPS) is 11.7. The fraction of sp³-hybridized carbons (Fsp3) is 0. The number of phenolic OH excluding ortho intramolecular Hbond substituents is 1. The van der Waals surface area contributed by atoms with Gasteiger partial charge in [0.2, 0.25) is 0 Å². The molecule has 4 aromatic carbocycles. The van der Waals surface area contributed by atoms with Crippen molar-refractivity contribution in [3.05, 3.63) is 109 Å². The molecular weight excluding hydrogens is 670 g/mol. The van der Waals surface area contributed by atoms with E-state index in [9.17, 15) is 9.90 Å². The van der Waals surface area contributed by atoms with E-state index in [1.54, 1.807) is 24.3 Å². The van der Waals surface area contributed by atoms with E-state index in [0.29, 0.717) is 17.9 Å². The lowest BCUT2D eigenvalue weighted by atomic mass is 10.2. The summed E-state index contributed by atoms with van der Waals surface area (Å²) in [6.07, 6.45) is 0. The molecule has 7 heteroatoms. The molecule has 1 unspecified atom stereocenters. The highest BCUT2D eigenvalue weighted by Gasteiger charge is 2.28. The van der Waals surface area contributed by atoms with E-state index in [4.69, 9.17) is 16.3 Å². The van der Waals surface area contributed by atoms with E-state index in [2.05, 4.69) is 12.1 Å². The predicted molar refractivity (Wildman–Crippen MR) is 145 cm³/mol. The summed E-state index contributed by atoms with van der Waals surface area (Å²) in [5.74, 6) is -0.231. The van der Waals surface area contributed by atoms with Gasteiger partial charge in [-0.25, -0.2) is 4.79 Å². The van der Waals surface area contributed by atoms with Gasteiger partial charge in [0.25, 0.3) is 0 Å². The number of ether oxygens (including phenoxy) is 1. The van der Waals surface area contributed by atoms with Crippen molar-refractivity contribution >= 4 is 73.6 Å². The molecule has 0 aliphatic heterocycles. The van der Waals surface area contributed by atoms with E-state index in [1.165, 1.54) is 4.90 Å². The standard InChI is InChI=1S/C25H15ClI2O3S/c26-16-6-10-19(11-7-16)32(18-4-2-1-3-5-18)20-12-8-17(9-13-20)31-25(30)23-21(27)14-15-22(28)24(23)29/h1-15H/p+1. The molecule has 0 aliphatic rings. The Bertz CT molecular complexity index is 1250. The second-order valence-electron chi connectivity index (χ2n) is 6.69. The van der Waals surface area contributed by atoms with Crippen molar-refractivity contribution in [2.45, 2.75) is 14.7 Å². The summed E-state index contributed by atoms with van der Waals surface area (Å²) in [4.78, 5) is 16.1. The third-order valence-electron chi connectivity index (χ3n) is 4.58. The van der Waals surface area contributed by atoms with Gasteiger partial charge in [-0.15, -0.1) is 0 Å². The molecule has 4 rings (SSSR count). The molecule has 0 radical (unpaired) electrons. The largest absolute Gasteiger partial charge is 0.506 e. The summed E-state index contributed by atoms with van der Waals surface area (Å²) in [7, 11) is -0.332. The van der Waals surface area contributed by atoms with Crippen molar-refractivity contribution in [3.63, 3.8) is 0 Å². The monoisotopic (exact) mass is 685 g/mol. The van der Waals surface area contributed by atoms with Gasteiger partial charge in [0.05, 0.1) is 14.5 Å². The Hall–Kier alpha value is -1.75. The zero-order valence-electron chi connectivity index (χ0n) is 16.5. The number of aromatic hydroxyl groups is 1. The van der Waals surface area contributed by atoms with Crippen molar-refractivity contribution in [2.75, 3.05) is 0 Å². The zero-order chi connectivity index (χ0) is 22.7. The summed E-state index contributed by atoms with van der Waals surface area (Å²) < 4.78 is 6.79. The number of rotatable bonds is 5. The number of hydrogen-bond donors (Lipinski definition) is 1. The van der Waals surface area contributed by atoms with Crippen LogP contribution < -0.4 is 4.74 Å². The number of benzene rings is 4. The van der Waals surface area contributed by atoms with Crippen molar-refractivity contribution in [1.29, 1.82) is 0 Å². The number of phenols is 1. The first-order valence-electron chi connectivity index (χ1n) is 9.48. The van der Waals surface area contributed by atoms with Crippen LogP contribution in [0.3, 0.4) is 0 Å². The maximum atomic E-state index is 12.7. The Morgan fingerprint density at radius 1 is 0.750 bits per heavy atom. The van der Waals surface area contributed by atoms with Crippen LogP contribution in [0.15, 0.2) is 106 Å². The van der Waals surface area contributed by atoms with Gasteiger partial charge < -0.3 is 9.84 Å². The number of esters is 1. The lowest BCUT2D eigenvalue weighted by Gasteiger charge is -2.10. The molecule has 32 heavy (non-hydrogen) atoms. The molecule has 160 valence electrons. The Labute approximate surface area is 221 Å². The van der Waals surface area contributed by atoms with E-state index in [1.807, 2.05) is 99.8 Å². The van der Waals surface area contributed by atoms with Crippen LogP contribution in [0.1, 0.15) is 10.4 Å². The molecule has 0 amide bonds. The smallest absolute Gasteiger partial charge is 0.348 e. The summed E-state index contributed by atoms with van der Waals surface area (Å²) in [6.45, 7) is 0. The highest BCUT2D eigenvalue weighted by molar-refractivity contribution is 14.1. The minimum Gasteiger partial charge on any atom is -0.506 e.